The second-order valence-corrected chi connectivity index (χ2v) is 5.94. The number of hydrogen-bond donors (Lipinski definition) is 2. The summed E-state index contributed by atoms with van der Waals surface area (Å²) >= 11 is 0. The fourth-order valence-corrected chi connectivity index (χ4v) is 1.81. The number of sulfonamides is 1. The number of amides is 1. The zero-order valence-corrected chi connectivity index (χ0v) is 10.3. The zero-order chi connectivity index (χ0) is 12.1. The maximum atomic E-state index is 11.5. The molecule has 1 amide bonds. The minimum absolute atomic E-state index is 0.0995. The molecule has 0 bridgehead atoms. The van der Waals surface area contributed by atoms with Crippen LogP contribution in [-0.2, 0) is 14.8 Å². The van der Waals surface area contributed by atoms with E-state index in [2.05, 4.69) is 0 Å². The third-order valence-corrected chi connectivity index (χ3v) is 3.32. The summed E-state index contributed by atoms with van der Waals surface area (Å²) in [6, 6.07) is 0. The van der Waals surface area contributed by atoms with Gasteiger partial charge in [-0.05, 0) is 19.3 Å². The van der Waals surface area contributed by atoms with Gasteiger partial charge in [-0.15, -0.1) is 0 Å². The quantitative estimate of drug-likeness (QED) is 0.683. The molecular formula is C9H20N2O3S. The number of carbonyl (C=O) groups is 1. The topological polar surface area (TPSA) is 89.3 Å². The van der Waals surface area contributed by atoms with Crippen LogP contribution < -0.4 is 10.5 Å². The lowest BCUT2D eigenvalue weighted by atomic mass is 9.97. The van der Waals surface area contributed by atoms with Crippen molar-refractivity contribution in [2.24, 2.45) is 17.6 Å². The molecule has 0 fully saturated rings. The van der Waals surface area contributed by atoms with Gasteiger partial charge in [0.25, 0.3) is 0 Å². The second-order valence-electron chi connectivity index (χ2n) is 3.93. The van der Waals surface area contributed by atoms with Crippen molar-refractivity contribution in [3.05, 3.63) is 0 Å². The van der Waals surface area contributed by atoms with Crippen LogP contribution in [0.3, 0.4) is 0 Å². The van der Waals surface area contributed by atoms with Crippen LogP contribution in [0.1, 0.15) is 27.2 Å². The maximum absolute atomic E-state index is 11.5. The van der Waals surface area contributed by atoms with Gasteiger partial charge < -0.3 is 5.73 Å². The van der Waals surface area contributed by atoms with Crippen LogP contribution in [-0.4, -0.2) is 26.6 Å². The van der Waals surface area contributed by atoms with E-state index >= 15 is 0 Å². The molecule has 15 heavy (non-hydrogen) atoms. The zero-order valence-electron chi connectivity index (χ0n) is 9.49. The second kappa shape index (κ2) is 6.07. The molecule has 0 rings (SSSR count). The third kappa shape index (κ3) is 5.74. The van der Waals surface area contributed by atoms with E-state index in [0.717, 1.165) is 0 Å². The first-order chi connectivity index (χ1) is 6.82. The highest BCUT2D eigenvalue weighted by molar-refractivity contribution is 7.90. The van der Waals surface area contributed by atoms with Crippen molar-refractivity contribution in [1.82, 2.24) is 4.72 Å². The standard InChI is InChI=1S/C9H20N2O3S/c1-4-15(13,14)11-9(12)8(6-10)5-7(2)3/h7-8H,4-6,10H2,1-3H3,(H,11,12). The Morgan fingerprint density at radius 1 is 1.40 bits per heavy atom. The summed E-state index contributed by atoms with van der Waals surface area (Å²) in [5.41, 5.74) is 5.43. The summed E-state index contributed by atoms with van der Waals surface area (Å²) < 4.78 is 24.3. The Hall–Kier alpha value is -0.620. The molecule has 0 aliphatic heterocycles. The maximum Gasteiger partial charge on any atom is 0.237 e. The molecule has 0 aliphatic rings. The number of nitrogens with two attached hydrogens (primary N) is 1. The highest BCUT2D eigenvalue weighted by atomic mass is 32.2. The summed E-state index contributed by atoms with van der Waals surface area (Å²) in [5.74, 6) is -0.703. The van der Waals surface area contributed by atoms with Crippen molar-refractivity contribution in [1.29, 1.82) is 0 Å². The Kier molecular flexibility index (Phi) is 5.82. The number of nitrogens with one attached hydrogen (secondary N) is 1. The Labute approximate surface area is 91.5 Å². The Morgan fingerprint density at radius 2 is 1.93 bits per heavy atom. The highest BCUT2D eigenvalue weighted by Gasteiger charge is 2.21. The van der Waals surface area contributed by atoms with Crippen LogP contribution in [0.4, 0.5) is 0 Å². The normalized spacial score (nSPS) is 13.9. The largest absolute Gasteiger partial charge is 0.330 e. The first kappa shape index (κ1) is 14.4. The molecular weight excluding hydrogens is 216 g/mol. The fraction of sp³-hybridized carbons (Fsp3) is 0.889. The number of hydrogen-bond acceptors (Lipinski definition) is 4. The van der Waals surface area contributed by atoms with Crippen LogP contribution in [0.15, 0.2) is 0 Å². The van der Waals surface area contributed by atoms with Gasteiger partial charge in [-0.25, -0.2) is 8.42 Å². The van der Waals surface area contributed by atoms with E-state index in [4.69, 9.17) is 5.73 Å². The molecule has 3 N–H and O–H groups in total. The van der Waals surface area contributed by atoms with Crippen molar-refractivity contribution < 1.29 is 13.2 Å². The van der Waals surface area contributed by atoms with E-state index in [9.17, 15) is 13.2 Å². The Bertz CT molecular complexity index is 298. The predicted molar refractivity (Wildman–Crippen MR) is 59.6 cm³/mol. The minimum Gasteiger partial charge on any atom is -0.330 e. The summed E-state index contributed by atoms with van der Waals surface area (Å²) in [7, 11) is -3.46. The molecule has 0 aromatic heterocycles. The van der Waals surface area contributed by atoms with Gasteiger partial charge in [0, 0.05) is 6.54 Å². The monoisotopic (exact) mass is 236 g/mol. The van der Waals surface area contributed by atoms with Gasteiger partial charge >= 0.3 is 0 Å². The molecule has 6 heteroatoms. The molecule has 0 saturated carbocycles. The van der Waals surface area contributed by atoms with Crippen molar-refractivity contribution >= 4 is 15.9 Å². The molecule has 0 saturated heterocycles. The predicted octanol–water partition coefficient (Wildman–Crippen LogP) is 0.0733. The third-order valence-electron chi connectivity index (χ3n) is 2.05. The molecule has 0 radical (unpaired) electrons. The summed E-state index contributed by atoms with van der Waals surface area (Å²) in [5, 5.41) is 0. The molecule has 0 heterocycles. The molecule has 0 aromatic carbocycles. The number of carbonyl (C=O) groups excluding carboxylic acids is 1. The van der Waals surface area contributed by atoms with Crippen molar-refractivity contribution in [3.8, 4) is 0 Å². The van der Waals surface area contributed by atoms with E-state index < -0.39 is 21.8 Å². The lowest BCUT2D eigenvalue weighted by Crippen LogP contribution is -2.39. The Morgan fingerprint density at radius 3 is 2.27 bits per heavy atom. The van der Waals surface area contributed by atoms with Gasteiger partial charge in [-0.3, -0.25) is 9.52 Å². The van der Waals surface area contributed by atoms with E-state index in [1.807, 2.05) is 18.6 Å². The average Bonchev–Trinajstić information content (AvgIpc) is 2.13. The first-order valence-corrected chi connectivity index (χ1v) is 6.72. The van der Waals surface area contributed by atoms with Crippen LogP contribution in [0, 0.1) is 11.8 Å². The van der Waals surface area contributed by atoms with Gasteiger partial charge in [-0.2, -0.15) is 0 Å². The van der Waals surface area contributed by atoms with E-state index in [0.29, 0.717) is 12.3 Å². The van der Waals surface area contributed by atoms with Crippen molar-refractivity contribution in [2.75, 3.05) is 12.3 Å². The van der Waals surface area contributed by atoms with Crippen LogP contribution in [0.25, 0.3) is 0 Å². The molecule has 0 spiro atoms. The summed E-state index contributed by atoms with van der Waals surface area (Å²) in [6.45, 7) is 5.58. The van der Waals surface area contributed by atoms with Gasteiger partial charge in [-0.1, -0.05) is 13.8 Å². The smallest absolute Gasteiger partial charge is 0.237 e. The molecule has 0 aromatic rings. The minimum atomic E-state index is -3.46. The van der Waals surface area contributed by atoms with Crippen LogP contribution >= 0.6 is 0 Å². The van der Waals surface area contributed by atoms with Crippen molar-refractivity contribution in [2.45, 2.75) is 27.2 Å². The van der Waals surface area contributed by atoms with Gasteiger partial charge in [0.15, 0.2) is 0 Å². The molecule has 90 valence electrons. The average molecular weight is 236 g/mol. The lowest BCUT2D eigenvalue weighted by Gasteiger charge is -2.16. The summed E-state index contributed by atoms with van der Waals surface area (Å²) in [6.07, 6.45) is 0.599. The Balaban J connectivity index is 4.41. The summed E-state index contributed by atoms with van der Waals surface area (Å²) in [4.78, 5) is 11.5. The molecule has 1 atom stereocenters. The van der Waals surface area contributed by atoms with Gasteiger partial charge in [0.05, 0.1) is 11.7 Å². The lowest BCUT2D eigenvalue weighted by molar-refractivity contribution is -0.123. The molecule has 1 unspecified atom stereocenters. The van der Waals surface area contributed by atoms with Crippen molar-refractivity contribution in [3.63, 3.8) is 0 Å². The van der Waals surface area contributed by atoms with E-state index in [1.165, 1.54) is 6.92 Å². The first-order valence-electron chi connectivity index (χ1n) is 5.06. The van der Waals surface area contributed by atoms with E-state index in [-0.39, 0.29) is 12.3 Å². The number of rotatable bonds is 6. The van der Waals surface area contributed by atoms with Crippen LogP contribution in [0.5, 0.6) is 0 Å². The molecule has 5 nitrogen and oxygen atoms in total. The highest BCUT2D eigenvalue weighted by Crippen LogP contribution is 2.10. The van der Waals surface area contributed by atoms with Gasteiger partial charge in [0.1, 0.15) is 0 Å². The molecule has 0 aliphatic carbocycles. The fourth-order valence-electron chi connectivity index (χ4n) is 1.19. The van der Waals surface area contributed by atoms with E-state index in [1.54, 1.807) is 0 Å². The van der Waals surface area contributed by atoms with Gasteiger partial charge in [0.2, 0.25) is 15.9 Å². The van der Waals surface area contributed by atoms with Crippen LogP contribution in [0.2, 0.25) is 0 Å². The SMILES string of the molecule is CCS(=O)(=O)NC(=O)C(CN)CC(C)C.